The van der Waals surface area contributed by atoms with Gasteiger partial charge in [0.1, 0.15) is 0 Å². The second-order valence-electron chi connectivity index (χ2n) is 15.0. The van der Waals surface area contributed by atoms with E-state index in [9.17, 15) is 0 Å². The van der Waals surface area contributed by atoms with Gasteiger partial charge in [-0.15, -0.1) is 0 Å². The van der Waals surface area contributed by atoms with Crippen molar-refractivity contribution in [2.75, 3.05) is 0 Å². The molecule has 1 aliphatic carbocycles. The highest BCUT2D eigenvalue weighted by atomic mass is 14.9. The van der Waals surface area contributed by atoms with E-state index >= 15 is 0 Å². The van der Waals surface area contributed by atoms with Gasteiger partial charge in [-0.1, -0.05) is 184 Å². The Morgan fingerprint density at radius 1 is 0.345 bits per heavy atom. The van der Waals surface area contributed by atoms with E-state index in [0.717, 1.165) is 39.2 Å². The molecule has 1 heterocycles. The van der Waals surface area contributed by atoms with Gasteiger partial charge in [-0.2, -0.15) is 0 Å². The SMILES string of the molecule is CC1(C)c2ccc(-c3cccc(-c4ccc(-c5nc(-c6ccccc6)cc(-c6cccc(-c7ccccc7)c6)n5)cc4)c3)cc2-c2ccc3ccccc3c21. The fourth-order valence-corrected chi connectivity index (χ4v) is 8.46. The fourth-order valence-electron chi connectivity index (χ4n) is 8.46. The molecule has 2 nitrogen and oxygen atoms in total. The first-order chi connectivity index (χ1) is 27.0. The van der Waals surface area contributed by atoms with Crippen molar-refractivity contribution in [1.82, 2.24) is 9.97 Å². The maximum absolute atomic E-state index is 5.15. The second-order valence-corrected chi connectivity index (χ2v) is 15.0. The lowest BCUT2D eigenvalue weighted by Gasteiger charge is -2.23. The summed E-state index contributed by atoms with van der Waals surface area (Å²) in [6, 6.07) is 69.5. The van der Waals surface area contributed by atoms with Crippen LogP contribution in [-0.2, 0) is 5.41 Å². The smallest absolute Gasteiger partial charge is 0.160 e. The van der Waals surface area contributed by atoms with Gasteiger partial charge in [-0.05, 0) is 90.7 Å². The summed E-state index contributed by atoms with van der Waals surface area (Å²) in [5.74, 6) is 0.705. The maximum Gasteiger partial charge on any atom is 0.160 e. The first kappa shape index (κ1) is 32.7. The fraction of sp³-hybridized carbons (Fsp3) is 0.0566. The van der Waals surface area contributed by atoms with E-state index in [-0.39, 0.29) is 5.41 Å². The molecule has 260 valence electrons. The van der Waals surface area contributed by atoms with Gasteiger partial charge in [0.15, 0.2) is 5.82 Å². The van der Waals surface area contributed by atoms with Crippen molar-refractivity contribution in [2.45, 2.75) is 19.3 Å². The monoisotopic (exact) mass is 702 g/mol. The Hall–Kier alpha value is -6.90. The van der Waals surface area contributed by atoms with Crippen molar-refractivity contribution in [1.29, 1.82) is 0 Å². The third-order valence-electron chi connectivity index (χ3n) is 11.3. The van der Waals surface area contributed by atoms with Gasteiger partial charge in [0.05, 0.1) is 11.4 Å². The quantitative estimate of drug-likeness (QED) is 0.172. The highest BCUT2D eigenvalue weighted by Gasteiger charge is 2.36. The van der Waals surface area contributed by atoms with Crippen LogP contribution in [-0.4, -0.2) is 9.97 Å². The molecular weight excluding hydrogens is 665 g/mol. The molecule has 1 aromatic heterocycles. The molecule has 0 amide bonds. The normalized spacial score (nSPS) is 12.7. The summed E-state index contributed by atoms with van der Waals surface area (Å²) in [5, 5.41) is 2.64. The van der Waals surface area contributed by atoms with Crippen LogP contribution in [0.4, 0.5) is 0 Å². The summed E-state index contributed by atoms with van der Waals surface area (Å²) in [6.07, 6.45) is 0. The van der Waals surface area contributed by atoms with Gasteiger partial charge in [0.25, 0.3) is 0 Å². The molecule has 0 atom stereocenters. The van der Waals surface area contributed by atoms with Gasteiger partial charge in [-0.3, -0.25) is 0 Å². The minimum Gasteiger partial charge on any atom is -0.228 e. The Morgan fingerprint density at radius 3 is 1.58 bits per heavy atom. The zero-order valence-corrected chi connectivity index (χ0v) is 30.9. The number of hydrogen-bond donors (Lipinski definition) is 0. The Bertz CT molecular complexity index is 2870. The molecule has 10 rings (SSSR count). The molecule has 0 aliphatic heterocycles. The van der Waals surface area contributed by atoms with Crippen LogP contribution in [0.15, 0.2) is 194 Å². The van der Waals surface area contributed by atoms with E-state index in [1.54, 1.807) is 0 Å². The molecule has 0 bridgehead atoms. The molecule has 0 saturated carbocycles. The lowest BCUT2D eigenvalue weighted by Crippen LogP contribution is -2.15. The lowest BCUT2D eigenvalue weighted by molar-refractivity contribution is 0.666. The summed E-state index contributed by atoms with van der Waals surface area (Å²) < 4.78 is 0. The average Bonchev–Trinajstić information content (AvgIpc) is 3.49. The number of rotatable bonds is 6. The van der Waals surface area contributed by atoms with Gasteiger partial charge in [0, 0.05) is 22.1 Å². The molecule has 2 heteroatoms. The Balaban J connectivity index is 0.993. The summed E-state index contributed by atoms with van der Waals surface area (Å²) in [6.45, 7) is 4.72. The molecule has 9 aromatic rings. The first-order valence-corrected chi connectivity index (χ1v) is 19.0. The minimum atomic E-state index is -0.0645. The van der Waals surface area contributed by atoms with Crippen LogP contribution in [0.5, 0.6) is 0 Å². The number of fused-ring (bicyclic) bond motifs is 5. The van der Waals surface area contributed by atoms with Crippen LogP contribution in [0.3, 0.4) is 0 Å². The van der Waals surface area contributed by atoms with Crippen molar-refractivity contribution in [2.24, 2.45) is 0 Å². The number of hydrogen-bond acceptors (Lipinski definition) is 2. The van der Waals surface area contributed by atoms with E-state index in [1.807, 2.05) is 12.1 Å². The highest BCUT2D eigenvalue weighted by molar-refractivity contribution is 5.98. The molecule has 0 N–H and O–H groups in total. The van der Waals surface area contributed by atoms with Crippen LogP contribution in [0.25, 0.3) is 89.2 Å². The number of benzene rings is 8. The first-order valence-electron chi connectivity index (χ1n) is 19.0. The molecule has 0 saturated heterocycles. The standard InChI is InChI=1S/C53H38N2/c1-53(2)48-30-28-43(33-47(48)46-29-27-37-15-9-10-22-45(37)51(46)53)42-20-11-18-40(31-42)36-23-25-39(26-24-36)52-54-49(38-16-7-4-8-17-38)34-50(55-52)44-21-12-19-41(32-44)35-13-5-3-6-14-35/h3-34H,1-2H3. The summed E-state index contributed by atoms with van der Waals surface area (Å²) in [7, 11) is 0. The van der Waals surface area contributed by atoms with Crippen LogP contribution in [0.2, 0.25) is 0 Å². The summed E-state index contributed by atoms with van der Waals surface area (Å²) >= 11 is 0. The van der Waals surface area contributed by atoms with E-state index in [2.05, 4.69) is 196 Å². The Labute approximate surface area is 322 Å². The Morgan fingerprint density at radius 2 is 0.855 bits per heavy atom. The predicted molar refractivity (Wildman–Crippen MR) is 230 cm³/mol. The summed E-state index contributed by atoms with van der Waals surface area (Å²) in [5.41, 5.74) is 17.4. The van der Waals surface area contributed by atoms with Crippen LogP contribution in [0, 0.1) is 0 Å². The van der Waals surface area contributed by atoms with Gasteiger partial charge < -0.3 is 0 Å². The molecule has 0 unspecified atom stereocenters. The molecule has 55 heavy (non-hydrogen) atoms. The van der Waals surface area contributed by atoms with Crippen LogP contribution in [0.1, 0.15) is 25.0 Å². The highest BCUT2D eigenvalue weighted by Crippen LogP contribution is 2.52. The van der Waals surface area contributed by atoms with E-state index in [1.165, 1.54) is 55.3 Å². The predicted octanol–water partition coefficient (Wildman–Crippen LogP) is 13.9. The molecule has 0 radical (unpaired) electrons. The lowest BCUT2D eigenvalue weighted by atomic mass is 9.80. The van der Waals surface area contributed by atoms with Crippen molar-refractivity contribution in [3.8, 4) is 78.4 Å². The molecular formula is C53H38N2. The van der Waals surface area contributed by atoms with E-state index in [4.69, 9.17) is 9.97 Å². The number of nitrogens with zero attached hydrogens (tertiary/aromatic N) is 2. The average molecular weight is 703 g/mol. The molecule has 1 aliphatic rings. The zero-order valence-electron chi connectivity index (χ0n) is 30.9. The molecule has 8 aromatic carbocycles. The van der Waals surface area contributed by atoms with E-state index < -0.39 is 0 Å². The van der Waals surface area contributed by atoms with Gasteiger partial charge in [-0.25, -0.2) is 9.97 Å². The van der Waals surface area contributed by atoms with E-state index in [0.29, 0.717) is 5.82 Å². The Kier molecular flexibility index (Phi) is 7.85. The zero-order chi connectivity index (χ0) is 36.9. The van der Waals surface area contributed by atoms with Crippen molar-refractivity contribution >= 4 is 10.8 Å². The van der Waals surface area contributed by atoms with Crippen LogP contribution < -0.4 is 0 Å². The van der Waals surface area contributed by atoms with Gasteiger partial charge in [0.2, 0.25) is 0 Å². The van der Waals surface area contributed by atoms with Crippen molar-refractivity contribution in [3.05, 3.63) is 205 Å². The summed E-state index contributed by atoms with van der Waals surface area (Å²) in [4.78, 5) is 10.2. The van der Waals surface area contributed by atoms with Crippen molar-refractivity contribution in [3.63, 3.8) is 0 Å². The molecule has 0 spiro atoms. The third kappa shape index (κ3) is 5.84. The minimum absolute atomic E-state index is 0.0645. The maximum atomic E-state index is 5.15. The third-order valence-corrected chi connectivity index (χ3v) is 11.3. The molecule has 0 fully saturated rings. The number of aromatic nitrogens is 2. The van der Waals surface area contributed by atoms with Crippen LogP contribution >= 0.6 is 0 Å². The second kappa shape index (κ2) is 13.2. The largest absolute Gasteiger partial charge is 0.228 e. The van der Waals surface area contributed by atoms with Gasteiger partial charge >= 0.3 is 0 Å². The topological polar surface area (TPSA) is 25.8 Å². The van der Waals surface area contributed by atoms with Crippen molar-refractivity contribution < 1.29 is 0 Å².